The van der Waals surface area contributed by atoms with Gasteiger partial charge in [-0.3, -0.25) is 15.0 Å². The molecular weight excluding hydrogens is 348 g/mol. The summed E-state index contributed by atoms with van der Waals surface area (Å²) in [5, 5.41) is 4.94. The fraction of sp³-hybridized carbons (Fsp3) is 0.500. The van der Waals surface area contributed by atoms with E-state index >= 15 is 0 Å². The number of ether oxygens (including phenoxy) is 2. The van der Waals surface area contributed by atoms with Crippen molar-refractivity contribution in [3.63, 3.8) is 0 Å². The summed E-state index contributed by atoms with van der Waals surface area (Å²) in [6.07, 6.45) is 0.959. The Morgan fingerprint density at radius 2 is 2.08 bits per heavy atom. The lowest BCUT2D eigenvalue weighted by atomic mass is 9.90. The van der Waals surface area contributed by atoms with Crippen molar-refractivity contribution in [2.24, 2.45) is 11.1 Å². The van der Waals surface area contributed by atoms with E-state index in [9.17, 15) is 9.59 Å². The van der Waals surface area contributed by atoms with Crippen LogP contribution < -0.4 is 25.8 Å². The standard InChI is InChI=1S/C16H22N4O4.ClH/c1-16(8-17)4-5-20(9-16)7-14(21)19-15(22)18-11-2-3-12-13(6-11)24-10-23-12;/h2-3,6H,4-5,7-10,17H2,1H3,(H2,18,19,21,22);1H. The van der Waals surface area contributed by atoms with Crippen molar-refractivity contribution in [2.75, 3.05) is 38.3 Å². The Kier molecular flexibility index (Phi) is 6.10. The van der Waals surface area contributed by atoms with Crippen LogP contribution in [0.4, 0.5) is 10.5 Å². The number of rotatable bonds is 4. The highest BCUT2D eigenvalue weighted by molar-refractivity contribution is 6.01. The Morgan fingerprint density at radius 3 is 2.80 bits per heavy atom. The number of halogens is 1. The second kappa shape index (κ2) is 7.90. The molecule has 0 bridgehead atoms. The van der Waals surface area contributed by atoms with E-state index in [2.05, 4.69) is 17.6 Å². The molecule has 1 fully saturated rings. The zero-order valence-corrected chi connectivity index (χ0v) is 14.9. The fourth-order valence-corrected chi connectivity index (χ4v) is 2.93. The van der Waals surface area contributed by atoms with Crippen molar-refractivity contribution < 1.29 is 19.1 Å². The number of carbonyl (C=O) groups is 2. The molecule has 0 saturated carbocycles. The Balaban J connectivity index is 0.00000225. The highest BCUT2D eigenvalue weighted by atomic mass is 35.5. The summed E-state index contributed by atoms with van der Waals surface area (Å²) in [5.41, 5.74) is 6.34. The van der Waals surface area contributed by atoms with Crippen LogP contribution in [0.25, 0.3) is 0 Å². The molecule has 0 aromatic heterocycles. The average molecular weight is 371 g/mol. The summed E-state index contributed by atoms with van der Waals surface area (Å²) in [5.74, 6) is 0.862. The number of likely N-dealkylation sites (tertiary alicyclic amines) is 1. The molecule has 4 N–H and O–H groups in total. The van der Waals surface area contributed by atoms with Gasteiger partial charge in [0.2, 0.25) is 12.7 Å². The third kappa shape index (κ3) is 4.75. The number of hydrogen-bond donors (Lipinski definition) is 3. The molecule has 2 heterocycles. The monoisotopic (exact) mass is 370 g/mol. The number of carbonyl (C=O) groups excluding carboxylic acids is 2. The van der Waals surface area contributed by atoms with Gasteiger partial charge in [-0.15, -0.1) is 12.4 Å². The van der Waals surface area contributed by atoms with Crippen molar-refractivity contribution in [2.45, 2.75) is 13.3 Å². The van der Waals surface area contributed by atoms with Gasteiger partial charge in [-0.2, -0.15) is 0 Å². The number of imide groups is 1. The Labute approximate surface area is 152 Å². The van der Waals surface area contributed by atoms with Gasteiger partial charge in [0.05, 0.1) is 6.54 Å². The lowest BCUT2D eigenvalue weighted by molar-refractivity contribution is -0.120. The molecule has 1 unspecified atom stereocenters. The summed E-state index contributed by atoms with van der Waals surface area (Å²) in [6, 6.07) is 4.47. The predicted octanol–water partition coefficient (Wildman–Crippen LogP) is 1.16. The number of benzene rings is 1. The molecule has 0 spiro atoms. The molecule has 1 saturated heterocycles. The lowest BCUT2D eigenvalue weighted by Crippen LogP contribution is -2.42. The van der Waals surface area contributed by atoms with E-state index in [1.165, 1.54) is 0 Å². The quantitative estimate of drug-likeness (QED) is 0.734. The van der Waals surface area contributed by atoms with Gasteiger partial charge in [0, 0.05) is 18.3 Å². The van der Waals surface area contributed by atoms with Gasteiger partial charge < -0.3 is 20.5 Å². The second-order valence-corrected chi connectivity index (χ2v) is 6.55. The minimum atomic E-state index is -0.570. The molecule has 1 aromatic carbocycles. The van der Waals surface area contributed by atoms with E-state index in [0.29, 0.717) is 23.7 Å². The molecule has 1 atom stereocenters. The maximum Gasteiger partial charge on any atom is 0.325 e. The molecular formula is C16H23ClN4O4. The van der Waals surface area contributed by atoms with Crippen LogP contribution in [-0.2, 0) is 4.79 Å². The van der Waals surface area contributed by atoms with E-state index in [1.54, 1.807) is 18.2 Å². The van der Waals surface area contributed by atoms with Crippen molar-refractivity contribution in [3.8, 4) is 11.5 Å². The van der Waals surface area contributed by atoms with Crippen LogP contribution >= 0.6 is 12.4 Å². The van der Waals surface area contributed by atoms with Gasteiger partial charge in [0.1, 0.15) is 0 Å². The Hall–Kier alpha value is -2.03. The predicted molar refractivity (Wildman–Crippen MR) is 95.2 cm³/mol. The van der Waals surface area contributed by atoms with Crippen LogP contribution in [0.5, 0.6) is 11.5 Å². The third-order valence-electron chi connectivity index (χ3n) is 4.38. The van der Waals surface area contributed by atoms with Crippen LogP contribution in [-0.4, -0.2) is 49.8 Å². The lowest BCUT2D eigenvalue weighted by Gasteiger charge is -2.22. The van der Waals surface area contributed by atoms with Crippen LogP contribution in [0.2, 0.25) is 0 Å². The molecule has 9 heteroatoms. The molecule has 2 aliphatic rings. The van der Waals surface area contributed by atoms with Crippen molar-refractivity contribution in [3.05, 3.63) is 18.2 Å². The molecule has 138 valence electrons. The molecule has 2 aliphatic heterocycles. The van der Waals surface area contributed by atoms with Crippen molar-refractivity contribution >= 4 is 30.0 Å². The normalized spacial score (nSPS) is 21.5. The zero-order valence-electron chi connectivity index (χ0n) is 14.0. The molecule has 3 amide bonds. The summed E-state index contributed by atoms with van der Waals surface area (Å²) < 4.78 is 10.4. The van der Waals surface area contributed by atoms with Crippen molar-refractivity contribution in [1.82, 2.24) is 10.2 Å². The van der Waals surface area contributed by atoms with Gasteiger partial charge >= 0.3 is 6.03 Å². The molecule has 3 rings (SSSR count). The Morgan fingerprint density at radius 1 is 1.32 bits per heavy atom. The Bertz CT molecular complexity index is 657. The van der Waals surface area contributed by atoms with Crippen molar-refractivity contribution in [1.29, 1.82) is 0 Å². The van der Waals surface area contributed by atoms with Gasteiger partial charge in [-0.25, -0.2) is 4.79 Å². The highest BCUT2D eigenvalue weighted by Gasteiger charge is 2.33. The molecule has 1 aromatic rings. The number of nitrogens with two attached hydrogens (primary N) is 1. The van der Waals surface area contributed by atoms with Crippen LogP contribution in [0.1, 0.15) is 13.3 Å². The van der Waals surface area contributed by atoms with E-state index in [0.717, 1.165) is 19.5 Å². The van der Waals surface area contributed by atoms with Gasteiger partial charge in [-0.1, -0.05) is 6.92 Å². The van der Waals surface area contributed by atoms with E-state index in [-0.39, 0.29) is 37.1 Å². The van der Waals surface area contributed by atoms with E-state index < -0.39 is 6.03 Å². The summed E-state index contributed by atoms with van der Waals surface area (Å²) >= 11 is 0. The number of nitrogens with one attached hydrogen (secondary N) is 2. The number of fused-ring (bicyclic) bond motifs is 1. The first-order chi connectivity index (χ1) is 11.5. The smallest absolute Gasteiger partial charge is 0.325 e. The molecule has 8 nitrogen and oxygen atoms in total. The minimum absolute atomic E-state index is 0. The summed E-state index contributed by atoms with van der Waals surface area (Å²) in [6.45, 7) is 4.63. The summed E-state index contributed by atoms with van der Waals surface area (Å²) in [7, 11) is 0. The minimum Gasteiger partial charge on any atom is -0.454 e. The molecule has 0 radical (unpaired) electrons. The highest BCUT2D eigenvalue weighted by Crippen LogP contribution is 2.34. The first kappa shape index (κ1) is 19.3. The van der Waals surface area contributed by atoms with Crippen LogP contribution in [0, 0.1) is 5.41 Å². The SMILES string of the molecule is CC1(CN)CCN(CC(=O)NC(=O)Nc2ccc3c(c2)OCO3)C1.Cl. The zero-order chi connectivity index (χ0) is 17.2. The number of anilines is 1. The van der Waals surface area contributed by atoms with E-state index in [4.69, 9.17) is 15.2 Å². The van der Waals surface area contributed by atoms with Gasteiger partial charge in [0.15, 0.2) is 11.5 Å². The number of hydrogen-bond acceptors (Lipinski definition) is 6. The number of nitrogens with zero attached hydrogens (tertiary/aromatic N) is 1. The van der Waals surface area contributed by atoms with E-state index in [1.807, 2.05) is 4.90 Å². The maximum atomic E-state index is 12.0. The summed E-state index contributed by atoms with van der Waals surface area (Å²) in [4.78, 5) is 25.9. The molecule has 25 heavy (non-hydrogen) atoms. The fourth-order valence-electron chi connectivity index (χ4n) is 2.93. The first-order valence-electron chi connectivity index (χ1n) is 7.90. The molecule has 0 aliphatic carbocycles. The number of urea groups is 1. The third-order valence-corrected chi connectivity index (χ3v) is 4.38. The van der Waals surface area contributed by atoms with Gasteiger partial charge in [-0.05, 0) is 37.1 Å². The van der Waals surface area contributed by atoms with Gasteiger partial charge in [0.25, 0.3) is 0 Å². The second-order valence-electron chi connectivity index (χ2n) is 6.55. The van der Waals surface area contributed by atoms with Crippen LogP contribution in [0.15, 0.2) is 18.2 Å². The topological polar surface area (TPSA) is 106 Å². The first-order valence-corrected chi connectivity index (χ1v) is 7.90. The average Bonchev–Trinajstić information content (AvgIpc) is 3.13. The maximum absolute atomic E-state index is 12.0. The largest absolute Gasteiger partial charge is 0.454 e. The van der Waals surface area contributed by atoms with Crippen LogP contribution in [0.3, 0.4) is 0 Å². The number of amides is 3.